The molecular weight excluding hydrogens is 390 g/mol. The Morgan fingerprint density at radius 1 is 1.29 bits per heavy atom. The fraction of sp³-hybridized carbons (Fsp3) is 0.292. The topological polar surface area (TPSA) is 91.8 Å². The summed E-state index contributed by atoms with van der Waals surface area (Å²) in [6.07, 6.45) is 6.72. The Morgan fingerprint density at radius 2 is 2.06 bits per heavy atom. The molecule has 0 aliphatic carbocycles. The van der Waals surface area contributed by atoms with Gasteiger partial charge in [0.1, 0.15) is 0 Å². The van der Waals surface area contributed by atoms with Crippen LogP contribution in [0.15, 0.2) is 30.6 Å². The lowest BCUT2D eigenvalue weighted by molar-refractivity contribution is -0.110. The first-order chi connectivity index (χ1) is 14.8. The van der Waals surface area contributed by atoms with Gasteiger partial charge in [0.2, 0.25) is 0 Å². The molecule has 1 unspecified atom stereocenters. The van der Waals surface area contributed by atoms with Gasteiger partial charge >= 0.3 is 0 Å². The molecule has 1 aliphatic heterocycles. The van der Waals surface area contributed by atoms with E-state index < -0.39 is 0 Å². The molecule has 0 fully saturated rings. The summed E-state index contributed by atoms with van der Waals surface area (Å²) < 4.78 is 1.97. The minimum absolute atomic E-state index is 0.146. The van der Waals surface area contributed by atoms with E-state index in [-0.39, 0.29) is 11.8 Å². The molecule has 0 spiro atoms. The first-order valence-electron chi connectivity index (χ1n) is 10.5. The Kier molecular flexibility index (Phi) is 5.27. The minimum atomic E-state index is -0.157. The zero-order valence-corrected chi connectivity index (χ0v) is 18.5. The van der Waals surface area contributed by atoms with Crippen LogP contribution in [0.25, 0.3) is 22.8 Å². The van der Waals surface area contributed by atoms with Crippen LogP contribution in [0, 0.1) is 13.8 Å². The normalized spacial score (nSPS) is 15.1. The maximum atomic E-state index is 12.7. The van der Waals surface area contributed by atoms with Crippen LogP contribution in [-0.2, 0) is 4.79 Å². The number of aromatic amines is 1. The van der Waals surface area contributed by atoms with Gasteiger partial charge in [0, 0.05) is 47.5 Å². The lowest BCUT2D eigenvalue weighted by Gasteiger charge is -2.08. The molecular formula is C24H27N5O2. The maximum absolute atomic E-state index is 12.7. The second kappa shape index (κ2) is 7.91. The number of nitrogens with one attached hydrogen (secondary N) is 3. The lowest BCUT2D eigenvalue weighted by Crippen LogP contribution is -2.19. The molecule has 31 heavy (non-hydrogen) atoms. The smallest absolute Gasteiger partial charge is 0.256 e. The van der Waals surface area contributed by atoms with Crippen molar-refractivity contribution in [2.75, 3.05) is 12.4 Å². The molecule has 160 valence electrons. The van der Waals surface area contributed by atoms with Gasteiger partial charge in [0.25, 0.3) is 11.8 Å². The summed E-state index contributed by atoms with van der Waals surface area (Å²) in [5.41, 5.74) is 7.15. The number of amides is 2. The summed E-state index contributed by atoms with van der Waals surface area (Å²) in [4.78, 5) is 28.2. The monoisotopic (exact) mass is 417 g/mol. The number of carbonyl (C=O) groups is 2. The van der Waals surface area contributed by atoms with Gasteiger partial charge < -0.3 is 15.6 Å². The van der Waals surface area contributed by atoms with Crippen LogP contribution >= 0.6 is 0 Å². The molecule has 1 aliphatic rings. The van der Waals surface area contributed by atoms with Crippen molar-refractivity contribution < 1.29 is 9.59 Å². The average molecular weight is 418 g/mol. The highest BCUT2D eigenvalue weighted by Gasteiger charge is 2.26. The zero-order chi connectivity index (χ0) is 22.3. The molecule has 0 bridgehead atoms. The Labute approximate surface area is 181 Å². The van der Waals surface area contributed by atoms with Crippen molar-refractivity contribution in [2.24, 2.45) is 0 Å². The van der Waals surface area contributed by atoms with E-state index in [0.717, 1.165) is 45.7 Å². The fourth-order valence-corrected chi connectivity index (χ4v) is 3.95. The number of rotatable bonds is 5. The molecule has 0 radical (unpaired) electrons. The van der Waals surface area contributed by atoms with Crippen molar-refractivity contribution in [2.45, 2.75) is 40.2 Å². The van der Waals surface area contributed by atoms with E-state index in [2.05, 4.69) is 34.6 Å². The number of hydrogen-bond acceptors (Lipinski definition) is 3. The van der Waals surface area contributed by atoms with Gasteiger partial charge in [0.15, 0.2) is 0 Å². The van der Waals surface area contributed by atoms with Crippen molar-refractivity contribution in [1.29, 1.82) is 0 Å². The molecule has 3 heterocycles. The molecule has 0 saturated carbocycles. The summed E-state index contributed by atoms with van der Waals surface area (Å²) in [6.45, 7) is 8.01. The second-order valence-electron chi connectivity index (χ2n) is 7.98. The number of aryl methyl sites for hydroxylation is 1. The van der Waals surface area contributed by atoms with Crippen LogP contribution in [0.4, 0.5) is 5.69 Å². The number of anilines is 1. The van der Waals surface area contributed by atoms with E-state index in [9.17, 15) is 9.59 Å². The summed E-state index contributed by atoms with van der Waals surface area (Å²) in [7, 11) is 1.61. The van der Waals surface area contributed by atoms with E-state index in [1.165, 1.54) is 0 Å². The fourth-order valence-electron chi connectivity index (χ4n) is 3.95. The minimum Gasteiger partial charge on any atom is -0.358 e. The molecule has 2 aromatic heterocycles. The predicted molar refractivity (Wildman–Crippen MR) is 123 cm³/mol. The van der Waals surface area contributed by atoms with Gasteiger partial charge in [-0.25, -0.2) is 0 Å². The highest BCUT2D eigenvalue weighted by atomic mass is 16.2. The summed E-state index contributed by atoms with van der Waals surface area (Å²) in [5, 5.41) is 10.1. The third-order valence-corrected chi connectivity index (χ3v) is 6.00. The number of benzene rings is 1. The van der Waals surface area contributed by atoms with Crippen molar-refractivity contribution in [3.63, 3.8) is 0 Å². The van der Waals surface area contributed by atoms with Crippen LogP contribution in [0.2, 0.25) is 0 Å². The molecule has 2 amide bonds. The van der Waals surface area contributed by atoms with E-state index in [1.807, 2.05) is 55.2 Å². The largest absolute Gasteiger partial charge is 0.358 e. The zero-order valence-electron chi connectivity index (χ0n) is 18.5. The molecule has 3 aromatic rings. The number of carbonyl (C=O) groups excluding carboxylic acids is 2. The summed E-state index contributed by atoms with van der Waals surface area (Å²) >= 11 is 0. The van der Waals surface area contributed by atoms with Gasteiger partial charge in [-0.2, -0.15) is 5.10 Å². The van der Waals surface area contributed by atoms with Crippen LogP contribution in [0.1, 0.15) is 59.2 Å². The van der Waals surface area contributed by atoms with Crippen molar-refractivity contribution in [3.05, 3.63) is 58.7 Å². The van der Waals surface area contributed by atoms with Gasteiger partial charge in [-0.1, -0.05) is 13.0 Å². The van der Waals surface area contributed by atoms with Crippen LogP contribution < -0.4 is 10.6 Å². The molecule has 0 saturated heterocycles. The third-order valence-electron chi connectivity index (χ3n) is 6.00. The molecule has 3 N–H and O–H groups in total. The standard InChI is InChI=1S/C24H27N5O2/c1-6-13(2)29-12-17(11-26-29)16-7-8-20-18(9-16)19(23(30)28-20)10-21-14(3)22(15(4)27-21)24(31)25-5/h7-13,27H,6H2,1-5H3,(H,25,31)(H,28,30)/b19-10-. The molecule has 4 rings (SSSR count). The number of hydrogen-bond donors (Lipinski definition) is 3. The molecule has 7 heteroatoms. The maximum Gasteiger partial charge on any atom is 0.256 e. The number of H-pyrrole nitrogens is 1. The summed E-state index contributed by atoms with van der Waals surface area (Å²) in [5.74, 6) is -0.302. The first-order valence-corrected chi connectivity index (χ1v) is 10.5. The third kappa shape index (κ3) is 3.56. The van der Waals surface area contributed by atoms with Crippen LogP contribution in [0.3, 0.4) is 0 Å². The highest BCUT2D eigenvalue weighted by Crippen LogP contribution is 2.37. The number of aromatic nitrogens is 3. The van der Waals surface area contributed by atoms with Crippen molar-refractivity contribution >= 4 is 29.2 Å². The van der Waals surface area contributed by atoms with Gasteiger partial charge in [-0.3, -0.25) is 14.3 Å². The SMILES string of the molecule is CCC(C)n1cc(-c2ccc3c(c2)/C(=C/c2[nH]c(C)c(C(=O)NC)c2C)C(=O)N3)cn1. The van der Waals surface area contributed by atoms with Crippen LogP contribution in [0.5, 0.6) is 0 Å². The lowest BCUT2D eigenvalue weighted by atomic mass is 10.00. The van der Waals surface area contributed by atoms with E-state index in [1.54, 1.807) is 7.05 Å². The second-order valence-corrected chi connectivity index (χ2v) is 7.98. The molecule has 1 aromatic carbocycles. The quantitative estimate of drug-likeness (QED) is 0.540. The Balaban J connectivity index is 1.75. The Hall–Kier alpha value is -3.61. The number of fused-ring (bicyclic) bond motifs is 1. The average Bonchev–Trinajstić information content (AvgIpc) is 3.44. The first kappa shape index (κ1) is 20.7. The molecule has 1 atom stereocenters. The van der Waals surface area contributed by atoms with Gasteiger partial charge in [0.05, 0.1) is 17.3 Å². The Bertz CT molecular complexity index is 1210. The van der Waals surface area contributed by atoms with Crippen molar-refractivity contribution in [1.82, 2.24) is 20.1 Å². The van der Waals surface area contributed by atoms with Crippen molar-refractivity contribution in [3.8, 4) is 11.1 Å². The molecule has 7 nitrogen and oxygen atoms in total. The summed E-state index contributed by atoms with van der Waals surface area (Å²) in [6, 6.07) is 6.26. The van der Waals surface area contributed by atoms with E-state index in [4.69, 9.17) is 0 Å². The van der Waals surface area contributed by atoms with Gasteiger partial charge in [-0.05, 0) is 56.5 Å². The van der Waals surface area contributed by atoms with E-state index in [0.29, 0.717) is 17.2 Å². The predicted octanol–water partition coefficient (Wildman–Crippen LogP) is 4.32. The van der Waals surface area contributed by atoms with Gasteiger partial charge in [-0.15, -0.1) is 0 Å². The van der Waals surface area contributed by atoms with Crippen LogP contribution in [-0.4, -0.2) is 33.6 Å². The Morgan fingerprint density at radius 3 is 2.77 bits per heavy atom. The number of nitrogens with zero attached hydrogens (tertiary/aromatic N) is 2. The van der Waals surface area contributed by atoms with E-state index >= 15 is 0 Å². The highest BCUT2D eigenvalue weighted by molar-refractivity contribution is 6.35.